The van der Waals surface area contributed by atoms with Gasteiger partial charge in [-0.3, -0.25) is 0 Å². The zero-order chi connectivity index (χ0) is 28.9. The predicted molar refractivity (Wildman–Crippen MR) is 149 cm³/mol. The quantitative estimate of drug-likeness (QED) is 0.357. The van der Waals surface area contributed by atoms with Gasteiger partial charge >= 0.3 is 6.18 Å². The van der Waals surface area contributed by atoms with Crippen LogP contribution >= 0.6 is 11.6 Å². The van der Waals surface area contributed by atoms with Gasteiger partial charge in [0.15, 0.2) is 0 Å². The van der Waals surface area contributed by atoms with E-state index in [1.54, 1.807) is 4.57 Å². The number of aromatic nitrogens is 4. The summed E-state index contributed by atoms with van der Waals surface area (Å²) in [5, 5.41) is 6.74. The van der Waals surface area contributed by atoms with Crippen LogP contribution in [0.5, 0.6) is 0 Å². The van der Waals surface area contributed by atoms with Gasteiger partial charge in [-0.25, -0.2) is 27.7 Å². The number of hydrogen-bond acceptors (Lipinski definition) is 7. The summed E-state index contributed by atoms with van der Waals surface area (Å²) in [5.74, 6) is -0.0566. The molecule has 2 aliphatic carbocycles. The Bertz CT molecular complexity index is 1540. The second kappa shape index (κ2) is 10.8. The van der Waals surface area contributed by atoms with E-state index >= 15 is 0 Å². The monoisotopic (exact) mass is 609 g/mol. The van der Waals surface area contributed by atoms with E-state index in [-0.39, 0.29) is 34.5 Å². The molecule has 41 heavy (non-hydrogen) atoms. The Hall–Kier alpha value is -2.74. The third kappa shape index (κ3) is 6.23. The molecule has 14 heteroatoms. The van der Waals surface area contributed by atoms with Crippen LogP contribution in [0.2, 0.25) is 5.02 Å². The Kier molecular flexibility index (Phi) is 7.50. The van der Waals surface area contributed by atoms with Crippen LogP contribution in [0.3, 0.4) is 0 Å². The largest absolute Gasteiger partial charge is 0.420 e. The minimum absolute atomic E-state index is 0.0247. The van der Waals surface area contributed by atoms with Gasteiger partial charge in [-0.05, 0) is 55.7 Å². The van der Waals surface area contributed by atoms with Crippen molar-refractivity contribution in [2.24, 2.45) is 5.92 Å². The fourth-order valence-electron chi connectivity index (χ4n) is 5.15. The summed E-state index contributed by atoms with van der Waals surface area (Å²) >= 11 is 6.53. The number of alkyl halides is 3. The van der Waals surface area contributed by atoms with Crippen LogP contribution in [0, 0.1) is 5.92 Å². The van der Waals surface area contributed by atoms with Crippen molar-refractivity contribution in [1.82, 2.24) is 29.1 Å². The molecule has 0 spiro atoms. The van der Waals surface area contributed by atoms with E-state index in [0.29, 0.717) is 55.6 Å². The van der Waals surface area contributed by atoms with Crippen molar-refractivity contribution in [2.75, 3.05) is 18.4 Å². The summed E-state index contributed by atoms with van der Waals surface area (Å²) in [7, 11) is -3.29. The van der Waals surface area contributed by atoms with E-state index in [9.17, 15) is 21.6 Å². The van der Waals surface area contributed by atoms with E-state index in [4.69, 9.17) is 11.6 Å². The molecule has 9 nitrogen and oxygen atoms in total. The SMILES string of the molecule is C[C@@H]1CN(S(=O)(=O)C2CC2)CC[C@@H]1Nc1ncc(C(F)(F)F)c(-c2cn(-c3ccc(CNC4CC4)cc3Cl)cn2)n1. The molecular weight excluding hydrogens is 579 g/mol. The second-order valence-electron chi connectivity index (χ2n) is 11.2. The fourth-order valence-corrected chi connectivity index (χ4v) is 7.40. The zero-order valence-corrected chi connectivity index (χ0v) is 24.0. The Labute approximate surface area is 241 Å². The molecule has 3 heterocycles. The third-order valence-corrected chi connectivity index (χ3v) is 10.5. The number of nitrogens with one attached hydrogen (secondary N) is 2. The van der Waals surface area contributed by atoms with Crippen molar-refractivity contribution in [2.45, 2.75) is 69.1 Å². The van der Waals surface area contributed by atoms with Gasteiger partial charge in [-0.1, -0.05) is 24.6 Å². The third-order valence-electron chi connectivity index (χ3n) is 7.87. The Morgan fingerprint density at radius 2 is 1.90 bits per heavy atom. The van der Waals surface area contributed by atoms with Gasteiger partial charge in [0, 0.05) is 44.1 Å². The van der Waals surface area contributed by atoms with Gasteiger partial charge in [0.25, 0.3) is 0 Å². The average molecular weight is 610 g/mol. The van der Waals surface area contributed by atoms with Crippen molar-refractivity contribution >= 4 is 27.6 Å². The standard InChI is InChI=1S/C27H31ClF3N7O2S/c1-16-13-38(41(39,40)19-5-6-19)9-8-22(16)35-26-33-12-20(27(29,30)31)25(36-26)23-14-37(15-34-23)24-7-2-17(10-21(24)28)11-32-18-3-4-18/h2,7,10,12,14-16,18-19,22,32H,3-6,8-9,11,13H2,1H3,(H,33,35,36)/t16-,22+/m1/s1. The number of imidazole rings is 1. The fraction of sp³-hybridized carbons (Fsp3) is 0.519. The molecule has 0 amide bonds. The van der Waals surface area contributed by atoms with Crippen LogP contribution in [0.4, 0.5) is 19.1 Å². The molecule has 220 valence electrons. The van der Waals surface area contributed by atoms with Crippen LogP contribution in [0.1, 0.15) is 50.2 Å². The molecule has 2 N–H and O–H groups in total. The molecule has 6 rings (SSSR count). The lowest BCUT2D eigenvalue weighted by Gasteiger charge is -2.36. The zero-order valence-electron chi connectivity index (χ0n) is 22.4. The minimum Gasteiger partial charge on any atom is -0.351 e. The highest BCUT2D eigenvalue weighted by Gasteiger charge is 2.43. The van der Waals surface area contributed by atoms with Gasteiger partial charge in [0.1, 0.15) is 23.3 Å². The van der Waals surface area contributed by atoms with Crippen molar-refractivity contribution in [3.05, 3.63) is 53.1 Å². The summed E-state index contributed by atoms with van der Waals surface area (Å²) < 4.78 is 70.3. The van der Waals surface area contributed by atoms with E-state index in [0.717, 1.165) is 11.8 Å². The molecule has 1 saturated heterocycles. The van der Waals surface area contributed by atoms with E-state index in [2.05, 4.69) is 25.6 Å². The van der Waals surface area contributed by atoms with Crippen LogP contribution in [-0.2, 0) is 22.7 Å². The number of rotatable bonds is 9. The average Bonchev–Trinajstić information content (AvgIpc) is 3.86. The number of benzene rings is 1. The van der Waals surface area contributed by atoms with Crippen molar-refractivity contribution in [3.8, 4) is 17.1 Å². The van der Waals surface area contributed by atoms with Gasteiger partial charge in [-0.15, -0.1) is 0 Å². The summed E-state index contributed by atoms with van der Waals surface area (Å²) in [6.45, 7) is 3.29. The highest BCUT2D eigenvalue weighted by Crippen LogP contribution is 2.37. The van der Waals surface area contributed by atoms with Crippen molar-refractivity contribution in [3.63, 3.8) is 0 Å². The van der Waals surface area contributed by atoms with Crippen molar-refractivity contribution in [1.29, 1.82) is 0 Å². The van der Waals surface area contributed by atoms with Gasteiger partial charge in [0.05, 0.1) is 16.0 Å². The lowest BCUT2D eigenvalue weighted by molar-refractivity contribution is -0.137. The van der Waals surface area contributed by atoms with E-state index in [1.165, 1.54) is 29.7 Å². The molecule has 2 atom stereocenters. The number of hydrogen-bond donors (Lipinski definition) is 2. The lowest BCUT2D eigenvalue weighted by atomic mass is 9.95. The summed E-state index contributed by atoms with van der Waals surface area (Å²) in [6.07, 6.45) is 3.17. The Morgan fingerprint density at radius 3 is 2.56 bits per heavy atom. The maximum atomic E-state index is 14.0. The molecular formula is C27H31ClF3N7O2S. The highest BCUT2D eigenvalue weighted by molar-refractivity contribution is 7.90. The maximum absolute atomic E-state index is 14.0. The lowest BCUT2D eigenvalue weighted by Crippen LogP contribution is -2.48. The molecule has 0 bridgehead atoms. The molecule has 3 aromatic rings. The molecule has 3 aliphatic rings. The first kappa shape index (κ1) is 28.4. The number of sulfonamides is 1. The first-order valence-electron chi connectivity index (χ1n) is 13.8. The maximum Gasteiger partial charge on any atom is 0.420 e. The number of nitrogens with zero attached hydrogens (tertiary/aromatic N) is 5. The second-order valence-corrected chi connectivity index (χ2v) is 13.8. The van der Waals surface area contributed by atoms with E-state index in [1.807, 2.05) is 25.1 Å². The van der Waals surface area contributed by atoms with Crippen LogP contribution in [-0.4, -0.2) is 62.7 Å². The normalized spacial score (nSPS) is 22.2. The van der Waals surface area contributed by atoms with Crippen LogP contribution < -0.4 is 10.6 Å². The first-order chi connectivity index (χ1) is 19.5. The van der Waals surface area contributed by atoms with Crippen molar-refractivity contribution < 1.29 is 21.6 Å². The topological polar surface area (TPSA) is 105 Å². The molecule has 2 saturated carbocycles. The molecule has 0 unspecified atom stereocenters. The summed E-state index contributed by atoms with van der Waals surface area (Å²) in [6, 6.07) is 5.93. The highest BCUT2D eigenvalue weighted by atomic mass is 35.5. The van der Waals surface area contributed by atoms with Gasteiger partial charge in [0.2, 0.25) is 16.0 Å². The predicted octanol–water partition coefficient (Wildman–Crippen LogP) is 4.87. The number of anilines is 1. The molecule has 0 radical (unpaired) electrons. The Morgan fingerprint density at radius 1 is 1.12 bits per heavy atom. The van der Waals surface area contributed by atoms with E-state index < -0.39 is 21.8 Å². The molecule has 1 aliphatic heterocycles. The molecule has 3 fully saturated rings. The smallest absolute Gasteiger partial charge is 0.351 e. The van der Waals surface area contributed by atoms with Crippen LogP contribution in [0.25, 0.3) is 17.1 Å². The molecule has 1 aromatic carbocycles. The first-order valence-corrected chi connectivity index (χ1v) is 15.6. The number of halogens is 4. The van der Waals surface area contributed by atoms with Gasteiger partial charge < -0.3 is 15.2 Å². The summed E-state index contributed by atoms with van der Waals surface area (Å²) in [4.78, 5) is 12.4. The number of piperidine rings is 1. The minimum atomic E-state index is -4.69. The molecule has 2 aromatic heterocycles. The summed E-state index contributed by atoms with van der Waals surface area (Å²) in [5.41, 5.74) is 0.276. The van der Waals surface area contributed by atoms with Gasteiger partial charge in [-0.2, -0.15) is 13.2 Å². The van der Waals surface area contributed by atoms with Crippen LogP contribution in [0.15, 0.2) is 36.9 Å². The Balaban J connectivity index is 1.21.